The maximum absolute atomic E-state index is 12.3. The highest BCUT2D eigenvalue weighted by Gasteiger charge is 2.41. The van der Waals surface area contributed by atoms with Gasteiger partial charge in [0, 0.05) is 29.6 Å². The summed E-state index contributed by atoms with van der Waals surface area (Å²) in [4.78, 5) is 34.0. The normalized spacial score (nSPS) is 25.7. The van der Waals surface area contributed by atoms with E-state index < -0.39 is 17.9 Å². The summed E-state index contributed by atoms with van der Waals surface area (Å²) >= 11 is 0. The van der Waals surface area contributed by atoms with E-state index in [-0.39, 0.29) is 29.0 Å². The van der Waals surface area contributed by atoms with Gasteiger partial charge in [-0.3, -0.25) is 19.7 Å². The highest BCUT2D eigenvalue weighted by molar-refractivity contribution is 5.85. The molecule has 0 saturated heterocycles. The van der Waals surface area contributed by atoms with E-state index in [0.29, 0.717) is 19.3 Å². The van der Waals surface area contributed by atoms with E-state index in [2.05, 4.69) is 0 Å². The molecule has 1 N–H and O–H groups in total. The fourth-order valence-corrected chi connectivity index (χ4v) is 3.18. The Morgan fingerprint density at radius 1 is 1.35 bits per heavy atom. The van der Waals surface area contributed by atoms with E-state index in [1.54, 1.807) is 0 Å². The molecule has 1 rings (SSSR count). The average Bonchev–Trinajstić information content (AvgIpc) is 2.39. The van der Waals surface area contributed by atoms with Crippen molar-refractivity contribution in [3.05, 3.63) is 10.1 Å². The van der Waals surface area contributed by atoms with E-state index >= 15 is 0 Å². The largest absolute Gasteiger partial charge is 0.481 e. The van der Waals surface area contributed by atoms with Gasteiger partial charge in [-0.05, 0) is 19.3 Å². The van der Waals surface area contributed by atoms with Gasteiger partial charge in [-0.1, -0.05) is 20.3 Å². The molecule has 0 aromatic heterocycles. The Morgan fingerprint density at radius 3 is 2.45 bits per heavy atom. The van der Waals surface area contributed by atoms with Gasteiger partial charge >= 0.3 is 5.97 Å². The number of ketones is 1. The fourth-order valence-electron chi connectivity index (χ4n) is 3.18. The molecule has 114 valence electrons. The first kappa shape index (κ1) is 16.6. The van der Waals surface area contributed by atoms with Crippen LogP contribution in [0.3, 0.4) is 0 Å². The molecule has 0 spiro atoms. The molecular weight excluding hydrogens is 262 g/mol. The zero-order valence-corrected chi connectivity index (χ0v) is 12.1. The van der Waals surface area contributed by atoms with Crippen molar-refractivity contribution in [3.63, 3.8) is 0 Å². The van der Waals surface area contributed by atoms with Crippen molar-refractivity contribution in [1.29, 1.82) is 0 Å². The van der Waals surface area contributed by atoms with E-state index in [0.717, 1.165) is 12.8 Å². The molecule has 1 saturated carbocycles. The molecule has 6 heteroatoms. The highest BCUT2D eigenvalue weighted by Crippen LogP contribution is 2.35. The molecule has 6 nitrogen and oxygen atoms in total. The summed E-state index contributed by atoms with van der Waals surface area (Å²) in [6.45, 7) is 3.35. The Balaban J connectivity index is 2.79. The van der Waals surface area contributed by atoms with Gasteiger partial charge in [-0.25, -0.2) is 0 Å². The van der Waals surface area contributed by atoms with Crippen molar-refractivity contribution < 1.29 is 19.6 Å². The first-order valence-electron chi connectivity index (χ1n) is 7.27. The van der Waals surface area contributed by atoms with Gasteiger partial charge < -0.3 is 5.11 Å². The molecule has 0 unspecified atom stereocenters. The summed E-state index contributed by atoms with van der Waals surface area (Å²) in [6.07, 6.45) is 3.47. The second-order valence-electron chi connectivity index (χ2n) is 5.73. The SMILES string of the molecule is CC[C@@H](C(=O)C[C@H](C)C(=O)O)[C@H]1CCCC[C@H]1[N+](=O)[O-]. The molecule has 0 aromatic carbocycles. The van der Waals surface area contributed by atoms with Crippen LogP contribution in [-0.4, -0.2) is 27.8 Å². The molecule has 0 bridgehead atoms. The third-order valence-electron chi connectivity index (χ3n) is 4.35. The zero-order chi connectivity index (χ0) is 15.3. The summed E-state index contributed by atoms with van der Waals surface area (Å²) < 4.78 is 0. The Morgan fingerprint density at radius 2 is 1.95 bits per heavy atom. The smallest absolute Gasteiger partial charge is 0.306 e. The van der Waals surface area contributed by atoms with Crippen molar-refractivity contribution in [2.45, 2.75) is 58.4 Å². The molecule has 1 fully saturated rings. The van der Waals surface area contributed by atoms with Crippen molar-refractivity contribution in [2.75, 3.05) is 0 Å². The van der Waals surface area contributed by atoms with Crippen LogP contribution in [0.25, 0.3) is 0 Å². The second-order valence-corrected chi connectivity index (χ2v) is 5.73. The van der Waals surface area contributed by atoms with Crippen molar-refractivity contribution >= 4 is 11.8 Å². The van der Waals surface area contributed by atoms with Gasteiger partial charge in [0.15, 0.2) is 0 Å². The number of carboxylic acids is 1. The number of Topliss-reactive ketones (excluding diaryl/α,β-unsaturated/α-hetero) is 1. The number of aliphatic carboxylic acids is 1. The fraction of sp³-hybridized carbons (Fsp3) is 0.857. The number of nitrogens with zero attached hydrogens (tertiary/aromatic N) is 1. The molecule has 0 heterocycles. The highest BCUT2D eigenvalue weighted by atomic mass is 16.6. The van der Waals surface area contributed by atoms with Crippen LogP contribution in [0.1, 0.15) is 52.4 Å². The Kier molecular flexibility index (Phi) is 6.10. The van der Waals surface area contributed by atoms with Crippen LogP contribution in [-0.2, 0) is 9.59 Å². The van der Waals surface area contributed by atoms with Crippen LogP contribution in [0, 0.1) is 27.9 Å². The molecular formula is C14H23NO5. The molecule has 0 radical (unpaired) electrons. The average molecular weight is 285 g/mol. The monoisotopic (exact) mass is 285 g/mol. The number of carboxylic acid groups (broad SMARTS) is 1. The number of hydrogen-bond acceptors (Lipinski definition) is 4. The third-order valence-corrected chi connectivity index (χ3v) is 4.35. The predicted molar refractivity (Wildman–Crippen MR) is 72.9 cm³/mol. The molecule has 0 aromatic rings. The summed E-state index contributed by atoms with van der Waals surface area (Å²) in [5, 5.41) is 20.0. The van der Waals surface area contributed by atoms with E-state index in [4.69, 9.17) is 5.11 Å². The summed E-state index contributed by atoms with van der Waals surface area (Å²) in [5.41, 5.74) is 0. The van der Waals surface area contributed by atoms with Crippen LogP contribution < -0.4 is 0 Å². The Hall–Kier alpha value is -1.46. The van der Waals surface area contributed by atoms with Gasteiger partial charge in [0.05, 0.1) is 5.92 Å². The molecule has 0 aliphatic heterocycles. The minimum absolute atomic E-state index is 0.0330. The maximum Gasteiger partial charge on any atom is 0.306 e. The van der Waals surface area contributed by atoms with Crippen LogP contribution >= 0.6 is 0 Å². The van der Waals surface area contributed by atoms with Crippen molar-refractivity contribution in [1.82, 2.24) is 0 Å². The topological polar surface area (TPSA) is 97.5 Å². The maximum atomic E-state index is 12.3. The van der Waals surface area contributed by atoms with Gasteiger partial charge in [0.2, 0.25) is 6.04 Å². The number of hydrogen-bond donors (Lipinski definition) is 1. The van der Waals surface area contributed by atoms with Gasteiger partial charge in [0.25, 0.3) is 0 Å². The second kappa shape index (κ2) is 7.36. The quantitative estimate of drug-likeness (QED) is 0.572. The third kappa shape index (κ3) is 4.02. The lowest BCUT2D eigenvalue weighted by molar-refractivity contribution is -0.537. The summed E-state index contributed by atoms with van der Waals surface area (Å²) in [6, 6.07) is -0.655. The van der Waals surface area contributed by atoms with Crippen molar-refractivity contribution in [3.8, 4) is 0 Å². The molecule has 20 heavy (non-hydrogen) atoms. The molecule has 4 atom stereocenters. The Labute approximate surface area is 118 Å². The van der Waals surface area contributed by atoms with Crippen LogP contribution in [0.5, 0.6) is 0 Å². The number of rotatable bonds is 7. The molecule has 1 aliphatic carbocycles. The summed E-state index contributed by atoms with van der Waals surface area (Å²) in [5.74, 6) is -2.48. The summed E-state index contributed by atoms with van der Waals surface area (Å²) in [7, 11) is 0. The zero-order valence-electron chi connectivity index (χ0n) is 12.1. The van der Waals surface area contributed by atoms with E-state index in [1.165, 1.54) is 6.92 Å². The van der Waals surface area contributed by atoms with Crippen LogP contribution in [0.2, 0.25) is 0 Å². The minimum Gasteiger partial charge on any atom is -0.481 e. The lowest BCUT2D eigenvalue weighted by Crippen LogP contribution is -2.40. The van der Waals surface area contributed by atoms with Gasteiger partial charge in [0.1, 0.15) is 5.78 Å². The van der Waals surface area contributed by atoms with Crippen molar-refractivity contribution in [2.24, 2.45) is 17.8 Å². The molecule has 1 aliphatic rings. The first-order chi connectivity index (χ1) is 9.38. The first-order valence-corrected chi connectivity index (χ1v) is 7.27. The standard InChI is InChI=1S/C14H23NO5/c1-3-10(13(16)8-9(2)14(17)18)11-6-4-5-7-12(11)15(19)20/h9-12H,3-8H2,1-2H3,(H,17,18)/t9-,10+,11+,12+/m0/s1. The lowest BCUT2D eigenvalue weighted by Gasteiger charge is -2.31. The predicted octanol–water partition coefficient (Wildman–Crippen LogP) is 2.53. The lowest BCUT2D eigenvalue weighted by atomic mass is 9.73. The minimum atomic E-state index is -0.998. The van der Waals surface area contributed by atoms with E-state index in [1.807, 2.05) is 6.92 Å². The molecule has 0 amide bonds. The van der Waals surface area contributed by atoms with E-state index in [9.17, 15) is 19.7 Å². The van der Waals surface area contributed by atoms with Crippen LogP contribution in [0.15, 0.2) is 0 Å². The number of carbonyl (C=O) groups is 2. The van der Waals surface area contributed by atoms with Crippen LogP contribution in [0.4, 0.5) is 0 Å². The van der Waals surface area contributed by atoms with Gasteiger partial charge in [-0.2, -0.15) is 0 Å². The number of carbonyl (C=O) groups excluding carboxylic acids is 1. The number of nitro groups is 1. The Bertz CT molecular complexity index is 382. The van der Waals surface area contributed by atoms with Gasteiger partial charge in [-0.15, -0.1) is 0 Å².